The quantitative estimate of drug-likeness (QED) is 0.498. The lowest BCUT2D eigenvalue weighted by Gasteiger charge is -2.38. The summed E-state index contributed by atoms with van der Waals surface area (Å²) < 4.78 is 1.81. The molecule has 3 aliphatic rings. The van der Waals surface area contributed by atoms with Crippen LogP contribution < -0.4 is 5.32 Å². The Hall–Kier alpha value is -4.15. The first kappa shape index (κ1) is 24.2. The summed E-state index contributed by atoms with van der Waals surface area (Å²) in [7, 11) is 0. The molecule has 0 aliphatic carbocycles. The Morgan fingerprint density at radius 2 is 1.71 bits per heavy atom. The van der Waals surface area contributed by atoms with Crippen LogP contribution in [0.4, 0.5) is 0 Å². The zero-order chi connectivity index (χ0) is 26.4. The molecule has 1 unspecified atom stereocenters. The first-order chi connectivity index (χ1) is 18.3. The third-order valence-corrected chi connectivity index (χ3v) is 7.77. The monoisotopic (exact) mass is 513 g/mol. The van der Waals surface area contributed by atoms with Crippen molar-refractivity contribution in [3.8, 4) is 5.69 Å². The molecule has 0 radical (unpaired) electrons. The summed E-state index contributed by atoms with van der Waals surface area (Å²) in [4.78, 5) is 53.2. The second-order valence-electron chi connectivity index (χ2n) is 10.1. The van der Waals surface area contributed by atoms with E-state index in [0.29, 0.717) is 31.5 Å². The summed E-state index contributed by atoms with van der Waals surface area (Å²) in [6.45, 7) is 2.10. The molecule has 2 saturated heterocycles. The zero-order valence-corrected chi connectivity index (χ0v) is 20.7. The number of likely N-dealkylation sites (tertiary alicyclic amines) is 1. The van der Waals surface area contributed by atoms with Gasteiger partial charge in [-0.3, -0.25) is 34.3 Å². The highest BCUT2D eigenvalue weighted by Crippen LogP contribution is 2.36. The first-order valence-corrected chi connectivity index (χ1v) is 12.7. The van der Waals surface area contributed by atoms with Crippen LogP contribution in [0.3, 0.4) is 0 Å². The molecule has 3 aromatic rings. The van der Waals surface area contributed by atoms with Crippen molar-refractivity contribution in [2.75, 3.05) is 13.1 Å². The second-order valence-corrected chi connectivity index (χ2v) is 10.1. The molecule has 0 spiro atoms. The molecule has 2 fully saturated rings. The zero-order valence-electron chi connectivity index (χ0n) is 20.7. The number of piperidine rings is 2. The summed E-state index contributed by atoms with van der Waals surface area (Å²) in [5.41, 5.74) is 2.02. The Morgan fingerprint density at radius 3 is 2.39 bits per heavy atom. The maximum atomic E-state index is 13.2. The molecule has 6 rings (SSSR count). The normalized spacial score (nSPS) is 21.5. The molecule has 10 heteroatoms. The Kier molecular flexibility index (Phi) is 5.93. The van der Waals surface area contributed by atoms with Crippen molar-refractivity contribution in [1.82, 2.24) is 24.9 Å². The van der Waals surface area contributed by atoms with Crippen molar-refractivity contribution < 1.29 is 24.3 Å². The highest BCUT2D eigenvalue weighted by molar-refractivity contribution is 6.23. The summed E-state index contributed by atoms with van der Waals surface area (Å²) in [6, 6.07) is 13.9. The molecular formula is C28H27N5O5. The minimum Gasteiger partial charge on any atom is -0.385 e. The van der Waals surface area contributed by atoms with E-state index in [9.17, 15) is 24.3 Å². The number of aliphatic hydroxyl groups is 1. The number of carbonyl (C=O) groups is 4. The number of aromatic nitrogens is 2. The molecule has 2 aromatic carbocycles. The van der Waals surface area contributed by atoms with Gasteiger partial charge in [-0.25, -0.2) is 4.68 Å². The van der Waals surface area contributed by atoms with E-state index in [2.05, 4.69) is 27.4 Å². The minimum atomic E-state index is -1.12. The lowest BCUT2D eigenvalue weighted by molar-refractivity contribution is -0.136. The van der Waals surface area contributed by atoms with Crippen molar-refractivity contribution in [2.45, 2.75) is 43.9 Å². The van der Waals surface area contributed by atoms with Crippen LogP contribution in [0.1, 0.15) is 57.5 Å². The maximum absolute atomic E-state index is 13.2. The van der Waals surface area contributed by atoms with Crippen molar-refractivity contribution in [3.05, 3.63) is 83.2 Å². The standard InChI is InChI=1S/C28H27N5O5/c34-24-9-8-23(25(35)30-24)33-26(36)21-7-4-19(16-22(21)27(33)37)28(38)10-14-31(15-11-28)17-18-2-5-20(6-3-18)32-13-1-12-29-32/h1-7,12-13,16,23,38H,8-11,14-15,17H2,(H,30,34,35). The molecule has 4 amide bonds. The SMILES string of the molecule is O=C1CCC(N2C(=O)c3ccc(C4(O)CCN(Cc5ccc(-n6cccn6)cc5)CC4)cc3C2=O)C(=O)N1. The number of hydrogen-bond donors (Lipinski definition) is 2. The molecule has 3 aliphatic heterocycles. The van der Waals surface area contributed by atoms with Gasteiger partial charge in [0.05, 0.1) is 22.4 Å². The number of nitrogens with zero attached hydrogens (tertiary/aromatic N) is 4. The Labute approximate surface area is 218 Å². The number of fused-ring (bicyclic) bond motifs is 1. The van der Waals surface area contributed by atoms with Gasteiger partial charge in [0.2, 0.25) is 11.8 Å². The van der Waals surface area contributed by atoms with Gasteiger partial charge in [-0.2, -0.15) is 5.10 Å². The number of nitrogens with one attached hydrogen (secondary N) is 1. The molecule has 0 saturated carbocycles. The third-order valence-electron chi connectivity index (χ3n) is 7.77. The van der Waals surface area contributed by atoms with Crippen molar-refractivity contribution >= 4 is 23.6 Å². The van der Waals surface area contributed by atoms with E-state index in [-0.39, 0.29) is 24.0 Å². The average molecular weight is 514 g/mol. The van der Waals surface area contributed by atoms with Crippen LogP contribution in [-0.2, 0) is 21.7 Å². The van der Waals surface area contributed by atoms with Gasteiger partial charge in [-0.1, -0.05) is 18.2 Å². The predicted octanol–water partition coefficient (Wildman–Crippen LogP) is 1.76. The van der Waals surface area contributed by atoms with Crippen molar-refractivity contribution in [2.24, 2.45) is 0 Å². The molecule has 194 valence electrons. The summed E-state index contributed by atoms with van der Waals surface area (Å²) >= 11 is 0. The topological polar surface area (TPSA) is 125 Å². The van der Waals surface area contributed by atoms with E-state index in [4.69, 9.17) is 0 Å². The van der Waals surface area contributed by atoms with E-state index in [1.165, 1.54) is 5.56 Å². The summed E-state index contributed by atoms with van der Waals surface area (Å²) in [6.07, 6.45) is 4.78. The molecular weight excluding hydrogens is 486 g/mol. The smallest absolute Gasteiger partial charge is 0.262 e. The van der Waals surface area contributed by atoms with E-state index < -0.39 is 35.3 Å². The maximum Gasteiger partial charge on any atom is 0.262 e. The number of carbonyl (C=O) groups excluding carboxylic acids is 4. The second kappa shape index (κ2) is 9.30. The van der Waals surface area contributed by atoms with Gasteiger partial charge < -0.3 is 5.11 Å². The van der Waals surface area contributed by atoms with Gasteiger partial charge in [0.15, 0.2) is 0 Å². The Morgan fingerprint density at radius 1 is 0.974 bits per heavy atom. The third kappa shape index (κ3) is 4.21. The largest absolute Gasteiger partial charge is 0.385 e. The summed E-state index contributed by atoms with van der Waals surface area (Å²) in [5, 5.41) is 17.9. The summed E-state index contributed by atoms with van der Waals surface area (Å²) in [5.74, 6) is -2.17. The van der Waals surface area contributed by atoms with E-state index in [1.807, 2.05) is 29.1 Å². The van der Waals surface area contributed by atoms with Crippen LogP contribution in [0.15, 0.2) is 60.9 Å². The van der Waals surface area contributed by atoms with E-state index in [0.717, 1.165) is 17.1 Å². The lowest BCUT2D eigenvalue weighted by atomic mass is 9.83. The molecule has 38 heavy (non-hydrogen) atoms. The van der Waals surface area contributed by atoms with Crippen LogP contribution >= 0.6 is 0 Å². The fraction of sp³-hybridized carbons (Fsp3) is 0.321. The van der Waals surface area contributed by atoms with Gasteiger partial charge >= 0.3 is 0 Å². The highest BCUT2D eigenvalue weighted by atomic mass is 16.3. The average Bonchev–Trinajstić information content (AvgIpc) is 3.54. The van der Waals surface area contributed by atoms with Crippen LogP contribution in [0, 0.1) is 0 Å². The first-order valence-electron chi connectivity index (χ1n) is 12.7. The number of amides is 4. The van der Waals surface area contributed by atoms with Crippen LogP contribution in [0.2, 0.25) is 0 Å². The van der Waals surface area contributed by atoms with Crippen LogP contribution in [0.25, 0.3) is 5.69 Å². The number of hydrogen-bond acceptors (Lipinski definition) is 7. The van der Waals surface area contributed by atoms with E-state index in [1.54, 1.807) is 24.4 Å². The van der Waals surface area contributed by atoms with E-state index >= 15 is 0 Å². The fourth-order valence-corrected chi connectivity index (χ4v) is 5.56. The predicted molar refractivity (Wildman–Crippen MR) is 135 cm³/mol. The molecule has 1 aromatic heterocycles. The van der Waals surface area contributed by atoms with Crippen LogP contribution in [0.5, 0.6) is 0 Å². The number of imide groups is 2. The fourth-order valence-electron chi connectivity index (χ4n) is 5.56. The molecule has 1 atom stereocenters. The van der Waals surface area contributed by atoms with Crippen molar-refractivity contribution in [1.29, 1.82) is 0 Å². The van der Waals surface area contributed by atoms with Gasteiger partial charge in [0.25, 0.3) is 11.8 Å². The molecule has 0 bridgehead atoms. The minimum absolute atomic E-state index is 0.0692. The van der Waals surface area contributed by atoms with Gasteiger partial charge in [0.1, 0.15) is 6.04 Å². The Bertz CT molecular complexity index is 1420. The van der Waals surface area contributed by atoms with Gasteiger partial charge in [0, 0.05) is 38.4 Å². The lowest BCUT2D eigenvalue weighted by Crippen LogP contribution is -2.54. The number of benzene rings is 2. The molecule has 10 nitrogen and oxygen atoms in total. The number of rotatable bonds is 5. The Balaban J connectivity index is 1.13. The van der Waals surface area contributed by atoms with Gasteiger partial charge in [-0.05, 0) is 60.7 Å². The molecule has 4 heterocycles. The molecule has 2 N–H and O–H groups in total. The highest BCUT2D eigenvalue weighted by Gasteiger charge is 2.45. The van der Waals surface area contributed by atoms with Gasteiger partial charge in [-0.15, -0.1) is 0 Å². The van der Waals surface area contributed by atoms with Crippen molar-refractivity contribution in [3.63, 3.8) is 0 Å². The van der Waals surface area contributed by atoms with Crippen LogP contribution in [-0.4, -0.2) is 67.4 Å².